The maximum Gasteiger partial charge on any atom is 0.250 e. The van der Waals surface area contributed by atoms with Crippen molar-refractivity contribution in [2.75, 3.05) is 6.54 Å². The highest BCUT2D eigenvalue weighted by atomic mass is 32.2. The Morgan fingerprint density at radius 2 is 2.24 bits per heavy atom. The number of aliphatic hydroxyl groups is 1. The van der Waals surface area contributed by atoms with Gasteiger partial charge >= 0.3 is 0 Å². The fourth-order valence-corrected chi connectivity index (χ4v) is 4.12. The summed E-state index contributed by atoms with van der Waals surface area (Å²) in [6.07, 6.45) is 4.67. The third-order valence-electron chi connectivity index (χ3n) is 3.15. The molecule has 0 unspecified atom stereocenters. The minimum absolute atomic E-state index is 0.117. The van der Waals surface area contributed by atoms with E-state index in [1.165, 1.54) is 25.3 Å². The van der Waals surface area contributed by atoms with Crippen molar-refractivity contribution in [3.05, 3.63) is 17.0 Å². The van der Waals surface area contributed by atoms with Gasteiger partial charge in [-0.25, -0.2) is 13.1 Å². The first kappa shape index (κ1) is 13.0. The Kier molecular flexibility index (Phi) is 4.19. The molecule has 1 aliphatic carbocycles. The molecule has 0 spiro atoms. The van der Waals surface area contributed by atoms with E-state index in [1.54, 1.807) is 5.38 Å². The summed E-state index contributed by atoms with van der Waals surface area (Å²) in [7, 11) is -3.37. The lowest BCUT2D eigenvalue weighted by molar-refractivity contribution is 0.282. The molecule has 0 saturated heterocycles. The first-order valence-electron chi connectivity index (χ1n) is 5.80. The van der Waals surface area contributed by atoms with E-state index < -0.39 is 10.0 Å². The highest BCUT2D eigenvalue weighted by Gasteiger charge is 2.20. The number of thiophene rings is 1. The molecule has 0 amide bonds. The zero-order chi connectivity index (χ0) is 12.3. The number of nitrogens with one attached hydrogen (secondary N) is 1. The molecule has 0 aliphatic heterocycles. The molecule has 2 rings (SSSR count). The summed E-state index contributed by atoms with van der Waals surface area (Å²) in [5, 5.41) is 10.6. The van der Waals surface area contributed by atoms with Crippen molar-refractivity contribution in [3.8, 4) is 0 Å². The van der Waals surface area contributed by atoms with Gasteiger partial charge in [-0.1, -0.05) is 19.3 Å². The Balaban J connectivity index is 1.88. The van der Waals surface area contributed by atoms with Crippen molar-refractivity contribution in [2.24, 2.45) is 5.92 Å². The molecule has 1 aromatic rings. The van der Waals surface area contributed by atoms with Gasteiger partial charge in [-0.05, 0) is 29.3 Å². The number of hydrogen-bond acceptors (Lipinski definition) is 4. The molecule has 0 radical (unpaired) electrons. The third-order valence-corrected chi connectivity index (χ3v) is 6.10. The van der Waals surface area contributed by atoms with Crippen LogP contribution in [0, 0.1) is 5.92 Å². The highest BCUT2D eigenvalue weighted by Crippen LogP contribution is 2.29. The first-order valence-corrected chi connectivity index (χ1v) is 8.16. The van der Waals surface area contributed by atoms with Crippen LogP contribution in [0.3, 0.4) is 0 Å². The third kappa shape index (κ3) is 3.28. The number of hydrogen-bond donors (Lipinski definition) is 2. The van der Waals surface area contributed by atoms with Crippen molar-refractivity contribution >= 4 is 21.4 Å². The van der Waals surface area contributed by atoms with Gasteiger partial charge in [-0.2, -0.15) is 0 Å². The van der Waals surface area contributed by atoms with Crippen LogP contribution in [0.1, 0.15) is 31.2 Å². The van der Waals surface area contributed by atoms with Crippen LogP contribution < -0.4 is 4.72 Å². The van der Waals surface area contributed by atoms with Gasteiger partial charge in [0.25, 0.3) is 0 Å². The molecule has 1 saturated carbocycles. The van der Waals surface area contributed by atoms with Crippen LogP contribution in [-0.2, 0) is 16.6 Å². The number of aliphatic hydroxyl groups excluding tert-OH is 1. The average Bonchev–Trinajstić information content (AvgIpc) is 2.71. The second-order valence-corrected chi connectivity index (χ2v) is 7.32. The summed E-state index contributed by atoms with van der Waals surface area (Å²) in [5.41, 5.74) is 0.648. The maximum atomic E-state index is 11.9. The normalized spacial score (nSPS) is 17.0. The largest absolute Gasteiger partial charge is 0.392 e. The zero-order valence-electron chi connectivity index (χ0n) is 9.55. The van der Waals surface area contributed by atoms with Crippen molar-refractivity contribution < 1.29 is 13.5 Å². The van der Waals surface area contributed by atoms with Crippen molar-refractivity contribution in [2.45, 2.75) is 36.5 Å². The van der Waals surface area contributed by atoms with Gasteiger partial charge in [-0.3, -0.25) is 0 Å². The maximum absolute atomic E-state index is 11.9. The Morgan fingerprint density at radius 1 is 1.47 bits per heavy atom. The first-order chi connectivity index (χ1) is 8.12. The van der Waals surface area contributed by atoms with Crippen LogP contribution in [-0.4, -0.2) is 20.1 Å². The van der Waals surface area contributed by atoms with Gasteiger partial charge in [0.05, 0.1) is 6.61 Å². The van der Waals surface area contributed by atoms with Crippen molar-refractivity contribution in [3.63, 3.8) is 0 Å². The predicted octanol–water partition coefficient (Wildman–Crippen LogP) is 1.71. The van der Waals surface area contributed by atoms with E-state index in [2.05, 4.69) is 4.72 Å². The van der Waals surface area contributed by atoms with E-state index in [0.717, 1.165) is 17.8 Å². The molecule has 17 heavy (non-hydrogen) atoms. The predicted molar refractivity (Wildman–Crippen MR) is 67.4 cm³/mol. The summed E-state index contributed by atoms with van der Waals surface area (Å²) < 4.78 is 26.6. The van der Waals surface area contributed by atoms with Crippen LogP contribution in [0.15, 0.2) is 15.7 Å². The lowest BCUT2D eigenvalue weighted by Crippen LogP contribution is -2.27. The minimum atomic E-state index is -3.37. The van der Waals surface area contributed by atoms with Gasteiger partial charge in [0.1, 0.15) is 4.21 Å². The molecule has 1 aromatic heterocycles. The average molecular weight is 275 g/mol. The Morgan fingerprint density at radius 3 is 2.76 bits per heavy atom. The van der Waals surface area contributed by atoms with Gasteiger partial charge in [0.15, 0.2) is 0 Å². The van der Waals surface area contributed by atoms with Gasteiger partial charge in [0, 0.05) is 6.54 Å². The fourth-order valence-electron chi connectivity index (χ4n) is 1.83. The molecule has 1 heterocycles. The summed E-state index contributed by atoms with van der Waals surface area (Å²) >= 11 is 1.15. The number of rotatable bonds is 6. The summed E-state index contributed by atoms with van der Waals surface area (Å²) in [6, 6.07) is 1.52. The Hall–Kier alpha value is -0.430. The number of sulfonamides is 1. The summed E-state index contributed by atoms with van der Waals surface area (Å²) in [4.78, 5) is 0. The Labute approximate surface area is 106 Å². The van der Waals surface area contributed by atoms with E-state index >= 15 is 0 Å². The molecular formula is C11H17NO3S2. The fraction of sp³-hybridized carbons (Fsp3) is 0.636. The molecule has 1 aliphatic rings. The van der Waals surface area contributed by atoms with E-state index in [4.69, 9.17) is 5.11 Å². The van der Waals surface area contributed by atoms with Crippen LogP contribution >= 0.6 is 11.3 Å². The second-order valence-electron chi connectivity index (χ2n) is 4.42. The molecule has 0 aromatic carbocycles. The molecule has 6 heteroatoms. The topological polar surface area (TPSA) is 66.4 Å². The molecule has 0 bridgehead atoms. The smallest absolute Gasteiger partial charge is 0.250 e. The minimum Gasteiger partial charge on any atom is -0.392 e. The Bertz CT molecular complexity index is 463. The summed E-state index contributed by atoms with van der Waals surface area (Å²) in [5.74, 6) is 0.703. The molecule has 96 valence electrons. The van der Waals surface area contributed by atoms with Crippen molar-refractivity contribution in [1.29, 1.82) is 0 Å². The van der Waals surface area contributed by atoms with Crippen LogP contribution in [0.25, 0.3) is 0 Å². The quantitative estimate of drug-likeness (QED) is 0.830. The molecule has 4 nitrogen and oxygen atoms in total. The van der Waals surface area contributed by atoms with Gasteiger partial charge in [-0.15, -0.1) is 11.3 Å². The van der Waals surface area contributed by atoms with Crippen LogP contribution in [0.2, 0.25) is 0 Å². The van der Waals surface area contributed by atoms with E-state index in [0.29, 0.717) is 18.0 Å². The SMILES string of the molecule is O=S(=O)(NCCC1CCC1)c1cc(CO)cs1. The molecule has 0 atom stereocenters. The van der Waals surface area contributed by atoms with Gasteiger partial charge < -0.3 is 5.11 Å². The van der Waals surface area contributed by atoms with Crippen molar-refractivity contribution in [1.82, 2.24) is 4.72 Å². The molecular weight excluding hydrogens is 258 g/mol. The van der Waals surface area contributed by atoms with Gasteiger partial charge in [0.2, 0.25) is 10.0 Å². The standard InChI is InChI=1S/C11H17NO3S2/c13-7-10-6-11(16-8-10)17(14,15)12-5-4-9-2-1-3-9/h6,8-9,12-13H,1-5,7H2. The van der Waals surface area contributed by atoms with E-state index in [-0.39, 0.29) is 10.8 Å². The lowest BCUT2D eigenvalue weighted by Gasteiger charge is -2.24. The summed E-state index contributed by atoms with van der Waals surface area (Å²) in [6.45, 7) is 0.396. The monoisotopic (exact) mass is 275 g/mol. The molecule has 2 N–H and O–H groups in total. The van der Waals surface area contributed by atoms with E-state index in [9.17, 15) is 8.42 Å². The lowest BCUT2D eigenvalue weighted by atomic mass is 9.83. The van der Waals surface area contributed by atoms with E-state index in [1.807, 2.05) is 0 Å². The molecule has 1 fully saturated rings. The van der Waals surface area contributed by atoms with Crippen LogP contribution in [0.4, 0.5) is 0 Å². The van der Waals surface area contributed by atoms with Crippen LogP contribution in [0.5, 0.6) is 0 Å². The highest BCUT2D eigenvalue weighted by molar-refractivity contribution is 7.91. The second kappa shape index (κ2) is 5.48. The zero-order valence-corrected chi connectivity index (χ0v) is 11.2.